The summed E-state index contributed by atoms with van der Waals surface area (Å²) < 4.78 is 42.8. The molecule has 0 aliphatic rings. The maximum absolute atomic E-state index is 12.6. The summed E-state index contributed by atoms with van der Waals surface area (Å²) in [5.74, 6) is 0.607. The molecule has 0 unspecified atom stereocenters. The van der Waals surface area contributed by atoms with Crippen LogP contribution in [0.4, 0.5) is 13.2 Å². The van der Waals surface area contributed by atoms with E-state index in [0.717, 1.165) is 17.8 Å². The number of nitrogens with one attached hydrogen (secondary N) is 1. The normalized spacial score (nSPS) is 12.1. The summed E-state index contributed by atoms with van der Waals surface area (Å²) in [6.45, 7) is 10.2. The standard InChI is InChI=1S/C16H18F3NO.C7H16/c1-4-15(21-3)9-8-12(2)20-11-13-6-5-7-14(10-13)16(17,18)19;1-3-5-7-6-4-2/h4-10,20H,1,11H2,2-3H3;3-7H2,1-2H3/b12-8+,15-9+;. The van der Waals surface area contributed by atoms with Crippen molar-refractivity contribution in [1.82, 2.24) is 5.32 Å². The molecule has 0 saturated carbocycles. The van der Waals surface area contributed by atoms with Gasteiger partial charge in [0, 0.05) is 12.2 Å². The van der Waals surface area contributed by atoms with Gasteiger partial charge in [0.25, 0.3) is 0 Å². The molecule has 2 nitrogen and oxygen atoms in total. The molecule has 1 N–H and O–H groups in total. The van der Waals surface area contributed by atoms with Crippen LogP contribution in [0.3, 0.4) is 0 Å². The smallest absolute Gasteiger partial charge is 0.416 e. The first kappa shape index (κ1) is 25.8. The van der Waals surface area contributed by atoms with Crippen molar-refractivity contribution in [3.05, 3.63) is 71.7 Å². The van der Waals surface area contributed by atoms with E-state index in [2.05, 4.69) is 25.7 Å². The zero-order chi connectivity index (χ0) is 21.4. The summed E-state index contributed by atoms with van der Waals surface area (Å²) >= 11 is 0. The van der Waals surface area contributed by atoms with Gasteiger partial charge in [-0.15, -0.1) is 0 Å². The minimum atomic E-state index is -4.32. The first-order valence-corrected chi connectivity index (χ1v) is 9.73. The summed E-state index contributed by atoms with van der Waals surface area (Å²) in [6.07, 6.45) is 7.75. The van der Waals surface area contributed by atoms with Gasteiger partial charge in [-0.05, 0) is 42.8 Å². The lowest BCUT2D eigenvalue weighted by atomic mass is 10.1. The molecule has 28 heavy (non-hydrogen) atoms. The van der Waals surface area contributed by atoms with Gasteiger partial charge in [0.1, 0.15) is 5.76 Å². The number of ether oxygens (including phenoxy) is 1. The Morgan fingerprint density at radius 2 is 1.75 bits per heavy atom. The molecule has 0 spiro atoms. The summed E-state index contributed by atoms with van der Waals surface area (Å²) in [6, 6.07) is 5.25. The van der Waals surface area contributed by atoms with Gasteiger partial charge in [-0.3, -0.25) is 0 Å². The number of rotatable bonds is 10. The predicted molar refractivity (Wildman–Crippen MR) is 112 cm³/mol. The molecule has 158 valence electrons. The van der Waals surface area contributed by atoms with Crippen LogP contribution in [-0.4, -0.2) is 7.11 Å². The highest BCUT2D eigenvalue weighted by atomic mass is 19.4. The lowest BCUT2D eigenvalue weighted by molar-refractivity contribution is -0.137. The molecule has 0 fully saturated rings. The van der Waals surface area contributed by atoms with E-state index in [1.54, 1.807) is 24.3 Å². The average molecular weight is 398 g/mol. The SMILES string of the molecule is C=C/C(=C\C=C(/C)NCc1cccc(C(F)(F)F)c1)OC.CCCCCCC. The molecule has 5 heteroatoms. The second-order valence-corrected chi connectivity index (χ2v) is 6.44. The third-order valence-corrected chi connectivity index (χ3v) is 3.97. The zero-order valence-corrected chi connectivity index (χ0v) is 17.5. The van der Waals surface area contributed by atoms with Crippen molar-refractivity contribution in [2.45, 2.75) is 65.6 Å². The number of benzene rings is 1. The first-order chi connectivity index (χ1) is 13.3. The Kier molecular flexibility index (Phi) is 13.7. The Morgan fingerprint density at radius 1 is 1.11 bits per heavy atom. The van der Waals surface area contributed by atoms with Gasteiger partial charge in [0.15, 0.2) is 0 Å². The molecule has 1 aromatic carbocycles. The molecule has 0 atom stereocenters. The zero-order valence-electron chi connectivity index (χ0n) is 17.5. The molecular weight excluding hydrogens is 363 g/mol. The number of allylic oxidation sites excluding steroid dienone is 4. The third kappa shape index (κ3) is 12.3. The van der Waals surface area contributed by atoms with Crippen LogP contribution in [0.25, 0.3) is 0 Å². The van der Waals surface area contributed by atoms with E-state index in [9.17, 15) is 13.2 Å². The molecule has 0 heterocycles. The van der Waals surface area contributed by atoms with Gasteiger partial charge in [0.2, 0.25) is 0 Å². The van der Waals surface area contributed by atoms with Crippen molar-refractivity contribution >= 4 is 0 Å². The van der Waals surface area contributed by atoms with Crippen LogP contribution in [0.1, 0.15) is 64.0 Å². The predicted octanol–water partition coefficient (Wildman–Crippen LogP) is 7.39. The maximum atomic E-state index is 12.6. The second kappa shape index (κ2) is 14.8. The molecule has 0 aliphatic carbocycles. The maximum Gasteiger partial charge on any atom is 0.416 e. The largest absolute Gasteiger partial charge is 0.497 e. The fraction of sp³-hybridized carbons (Fsp3) is 0.478. The fourth-order valence-electron chi connectivity index (χ4n) is 2.26. The van der Waals surface area contributed by atoms with Crippen LogP contribution in [-0.2, 0) is 17.5 Å². The minimum absolute atomic E-state index is 0.316. The van der Waals surface area contributed by atoms with Crippen molar-refractivity contribution in [2.24, 2.45) is 0 Å². The van der Waals surface area contributed by atoms with Gasteiger partial charge in [-0.1, -0.05) is 64.7 Å². The first-order valence-electron chi connectivity index (χ1n) is 9.73. The van der Waals surface area contributed by atoms with Gasteiger partial charge in [-0.25, -0.2) is 0 Å². The average Bonchev–Trinajstić information content (AvgIpc) is 2.68. The van der Waals surface area contributed by atoms with Crippen LogP contribution in [0.5, 0.6) is 0 Å². The van der Waals surface area contributed by atoms with Crippen LogP contribution in [0, 0.1) is 0 Å². The molecule has 0 radical (unpaired) electrons. The van der Waals surface area contributed by atoms with E-state index in [1.165, 1.54) is 45.3 Å². The molecule has 1 rings (SSSR count). The van der Waals surface area contributed by atoms with Gasteiger partial charge >= 0.3 is 6.18 Å². The number of hydrogen-bond donors (Lipinski definition) is 1. The monoisotopic (exact) mass is 397 g/mol. The Balaban J connectivity index is 0.000000887. The highest BCUT2D eigenvalue weighted by Crippen LogP contribution is 2.29. The third-order valence-electron chi connectivity index (χ3n) is 3.97. The topological polar surface area (TPSA) is 21.3 Å². The Morgan fingerprint density at radius 3 is 2.25 bits per heavy atom. The number of hydrogen-bond acceptors (Lipinski definition) is 2. The summed E-state index contributed by atoms with van der Waals surface area (Å²) in [4.78, 5) is 0. The van der Waals surface area contributed by atoms with Crippen LogP contribution < -0.4 is 5.32 Å². The van der Waals surface area contributed by atoms with Crippen molar-refractivity contribution in [2.75, 3.05) is 7.11 Å². The number of halogens is 3. The number of methoxy groups -OCH3 is 1. The van der Waals surface area contributed by atoms with Gasteiger partial charge in [-0.2, -0.15) is 13.2 Å². The van der Waals surface area contributed by atoms with E-state index >= 15 is 0 Å². The molecular formula is C23H34F3NO. The Labute approximate surface area is 168 Å². The quantitative estimate of drug-likeness (QED) is 0.252. The van der Waals surface area contributed by atoms with Gasteiger partial charge < -0.3 is 10.1 Å². The van der Waals surface area contributed by atoms with Gasteiger partial charge in [0.05, 0.1) is 12.7 Å². The van der Waals surface area contributed by atoms with Crippen LogP contribution in [0.2, 0.25) is 0 Å². The fourth-order valence-corrected chi connectivity index (χ4v) is 2.26. The Hall–Kier alpha value is -2.17. The highest BCUT2D eigenvalue weighted by Gasteiger charge is 2.30. The summed E-state index contributed by atoms with van der Waals surface area (Å²) in [7, 11) is 1.53. The van der Waals surface area contributed by atoms with E-state index in [0.29, 0.717) is 17.9 Å². The van der Waals surface area contributed by atoms with Crippen molar-refractivity contribution < 1.29 is 17.9 Å². The molecule has 0 aromatic heterocycles. The van der Waals surface area contributed by atoms with E-state index in [-0.39, 0.29) is 0 Å². The summed E-state index contributed by atoms with van der Waals surface area (Å²) in [5.41, 5.74) is 0.734. The van der Waals surface area contributed by atoms with Crippen molar-refractivity contribution in [3.8, 4) is 0 Å². The molecule has 0 amide bonds. The summed E-state index contributed by atoms with van der Waals surface area (Å²) in [5, 5.41) is 3.04. The molecule has 0 aliphatic heterocycles. The lowest BCUT2D eigenvalue weighted by Crippen LogP contribution is -2.12. The number of unbranched alkanes of at least 4 members (excludes halogenated alkanes) is 4. The highest BCUT2D eigenvalue weighted by molar-refractivity contribution is 5.26. The van der Waals surface area contributed by atoms with Crippen molar-refractivity contribution in [3.63, 3.8) is 0 Å². The molecule has 0 bridgehead atoms. The molecule has 1 aromatic rings. The van der Waals surface area contributed by atoms with Crippen molar-refractivity contribution in [1.29, 1.82) is 0 Å². The minimum Gasteiger partial charge on any atom is -0.497 e. The van der Waals surface area contributed by atoms with Crippen LogP contribution >= 0.6 is 0 Å². The Bertz CT molecular complexity index is 615. The lowest BCUT2D eigenvalue weighted by Gasteiger charge is -2.10. The number of alkyl halides is 3. The van der Waals surface area contributed by atoms with E-state index in [1.807, 2.05) is 6.92 Å². The van der Waals surface area contributed by atoms with E-state index < -0.39 is 11.7 Å². The van der Waals surface area contributed by atoms with E-state index in [4.69, 9.17) is 4.74 Å². The van der Waals surface area contributed by atoms with Crippen LogP contribution in [0.15, 0.2) is 60.5 Å². The molecule has 0 saturated heterocycles. The second-order valence-electron chi connectivity index (χ2n) is 6.44.